The van der Waals surface area contributed by atoms with Crippen LogP contribution in [0.5, 0.6) is 11.5 Å². The van der Waals surface area contributed by atoms with Gasteiger partial charge in [0.15, 0.2) is 0 Å². The third kappa shape index (κ3) is 11.2. The van der Waals surface area contributed by atoms with Gasteiger partial charge in [-0.15, -0.1) is 0 Å². The van der Waals surface area contributed by atoms with Gasteiger partial charge in [-0.3, -0.25) is 9.52 Å². The number of likely N-dealkylation sites (N-methyl/N-ethyl adjacent to an activating group) is 1. The number of alkyl halides is 3. The summed E-state index contributed by atoms with van der Waals surface area (Å²) in [5, 5.41) is 12.8. The van der Waals surface area contributed by atoms with Gasteiger partial charge in [0.05, 0.1) is 48.0 Å². The van der Waals surface area contributed by atoms with Crippen LogP contribution in [0.25, 0.3) is 0 Å². The molecule has 53 heavy (non-hydrogen) atoms. The van der Waals surface area contributed by atoms with Gasteiger partial charge in [0.1, 0.15) is 11.5 Å². The molecule has 16 heteroatoms. The van der Waals surface area contributed by atoms with Gasteiger partial charge in [0.25, 0.3) is 15.9 Å². The van der Waals surface area contributed by atoms with E-state index in [1.54, 1.807) is 13.0 Å². The predicted molar refractivity (Wildman–Crippen MR) is 194 cm³/mol. The highest BCUT2D eigenvalue weighted by molar-refractivity contribution is 7.92. The van der Waals surface area contributed by atoms with E-state index >= 15 is 0 Å². The molecule has 1 heterocycles. The molecule has 0 saturated heterocycles. The number of hydrogen-bond donors (Lipinski definition) is 3. The molecule has 0 unspecified atom stereocenters. The summed E-state index contributed by atoms with van der Waals surface area (Å²) in [6.07, 6.45) is -3.39. The second-order valence-corrected chi connectivity index (χ2v) is 14.9. The predicted octanol–water partition coefficient (Wildman–Crippen LogP) is 6.47. The maximum atomic E-state index is 14.4. The molecule has 1 aliphatic rings. The second kappa shape index (κ2) is 18.0. The summed E-state index contributed by atoms with van der Waals surface area (Å²) in [4.78, 5) is 30.3. The van der Waals surface area contributed by atoms with Gasteiger partial charge in [-0.1, -0.05) is 6.92 Å². The first-order chi connectivity index (χ1) is 25.0. The van der Waals surface area contributed by atoms with Crippen LogP contribution in [0.2, 0.25) is 0 Å². The zero-order chi connectivity index (χ0) is 38.9. The number of carbonyl (C=O) groups is 2. The number of halogens is 3. The molecule has 0 radical (unpaired) electrons. The highest BCUT2D eigenvalue weighted by atomic mass is 32.2. The molecule has 4 atom stereocenters. The molecular formula is C37H47F3N4O8S. The van der Waals surface area contributed by atoms with Crippen LogP contribution in [0.1, 0.15) is 56.0 Å². The van der Waals surface area contributed by atoms with E-state index in [9.17, 15) is 36.3 Å². The summed E-state index contributed by atoms with van der Waals surface area (Å²) < 4.78 is 85.7. The Hall–Kier alpha value is -4.54. The minimum Gasteiger partial charge on any atom is -0.497 e. The van der Waals surface area contributed by atoms with Gasteiger partial charge in [0.2, 0.25) is 0 Å². The lowest BCUT2D eigenvalue weighted by atomic mass is 10.0. The molecule has 1 aliphatic heterocycles. The number of nitrogens with zero attached hydrogens (tertiary/aromatic N) is 2. The number of fused-ring (bicyclic) bond motifs is 1. The first kappa shape index (κ1) is 41.2. The minimum absolute atomic E-state index is 0.0111. The largest absolute Gasteiger partial charge is 0.497 e. The smallest absolute Gasteiger partial charge is 0.416 e. The number of aliphatic hydroxyl groups is 1. The first-order valence-corrected chi connectivity index (χ1v) is 18.7. The molecule has 0 aliphatic carbocycles. The summed E-state index contributed by atoms with van der Waals surface area (Å²) in [6, 6.07) is 13.2. The molecule has 0 bridgehead atoms. The molecule has 3 aromatic carbocycles. The van der Waals surface area contributed by atoms with E-state index in [0.29, 0.717) is 25.2 Å². The Kier molecular flexibility index (Phi) is 14.0. The molecule has 12 nitrogen and oxygen atoms in total. The number of sulfonamides is 1. The Labute approximate surface area is 308 Å². The van der Waals surface area contributed by atoms with Crippen molar-refractivity contribution < 1.29 is 50.5 Å². The fraction of sp³-hybridized carbons (Fsp3) is 0.459. The normalized spacial score (nSPS) is 19.6. The molecule has 3 amide bonds. The number of rotatable bonds is 9. The van der Waals surface area contributed by atoms with E-state index in [-0.39, 0.29) is 53.4 Å². The topological polar surface area (TPSA) is 147 Å². The van der Waals surface area contributed by atoms with E-state index < -0.39 is 51.8 Å². The highest BCUT2D eigenvalue weighted by Crippen LogP contribution is 2.31. The van der Waals surface area contributed by atoms with Crippen molar-refractivity contribution in [1.82, 2.24) is 9.80 Å². The number of benzene rings is 3. The van der Waals surface area contributed by atoms with Crippen molar-refractivity contribution in [2.75, 3.05) is 50.5 Å². The Morgan fingerprint density at radius 1 is 1.06 bits per heavy atom. The number of urea groups is 1. The lowest BCUT2D eigenvalue weighted by Crippen LogP contribution is -2.48. The molecule has 0 fully saturated rings. The average Bonchev–Trinajstić information content (AvgIpc) is 3.12. The fourth-order valence-corrected chi connectivity index (χ4v) is 6.78. The van der Waals surface area contributed by atoms with Crippen molar-refractivity contribution in [3.63, 3.8) is 0 Å². The summed E-state index contributed by atoms with van der Waals surface area (Å²) in [7, 11) is -1.05. The van der Waals surface area contributed by atoms with Crippen LogP contribution in [0, 0.1) is 5.92 Å². The van der Waals surface area contributed by atoms with Crippen molar-refractivity contribution in [2.24, 2.45) is 5.92 Å². The minimum atomic E-state index is -4.51. The van der Waals surface area contributed by atoms with E-state index in [1.807, 2.05) is 13.8 Å². The summed E-state index contributed by atoms with van der Waals surface area (Å²) in [5.41, 5.74) is -0.445. The van der Waals surface area contributed by atoms with Crippen molar-refractivity contribution in [2.45, 2.75) is 69.4 Å². The molecule has 0 aromatic heterocycles. The van der Waals surface area contributed by atoms with Crippen LogP contribution in [-0.2, 0) is 20.9 Å². The number of aliphatic hydroxyl groups excluding tert-OH is 1. The van der Waals surface area contributed by atoms with Gasteiger partial charge in [-0.25, -0.2) is 13.2 Å². The molecule has 0 saturated carbocycles. The standard InChI is InChI=1S/C37H47F3N4O8S/c1-24-21-44(25(2)23-45)35(46)32-20-29(42-53(48,49)31-16-14-30(50-5)15-17-31)13-18-33(32)52-26(3)8-6-7-19-51-34(24)22-43(4)36(47)41-28-11-9-27(10-12-28)37(38,39)40/h9-18,20,24-26,34,42,45H,6-8,19,21-23H2,1-5H3,(H,41,47)/t24-,25-,26-,34-/m1/s1. The molecule has 0 spiro atoms. The van der Waals surface area contributed by atoms with Crippen molar-refractivity contribution in [1.29, 1.82) is 0 Å². The van der Waals surface area contributed by atoms with Gasteiger partial charge < -0.3 is 34.4 Å². The van der Waals surface area contributed by atoms with E-state index in [4.69, 9.17) is 14.2 Å². The highest BCUT2D eigenvalue weighted by Gasteiger charge is 2.32. The van der Waals surface area contributed by atoms with Crippen LogP contribution in [0.4, 0.5) is 29.3 Å². The number of amides is 3. The molecule has 3 N–H and O–H groups in total. The van der Waals surface area contributed by atoms with Gasteiger partial charge in [0, 0.05) is 44.0 Å². The van der Waals surface area contributed by atoms with Crippen LogP contribution in [-0.4, -0.2) is 94.0 Å². The number of methoxy groups -OCH3 is 1. The summed E-state index contributed by atoms with van der Waals surface area (Å²) >= 11 is 0. The second-order valence-electron chi connectivity index (χ2n) is 13.2. The molecule has 290 valence electrons. The van der Waals surface area contributed by atoms with Crippen molar-refractivity contribution >= 4 is 33.3 Å². The SMILES string of the molecule is COc1ccc(S(=O)(=O)Nc2ccc3c(c2)C(=O)N([C@H](C)CO)C[C@@H](C)[C@@H](CN(C)C(=O)Nc2ccc(C(F)(F)F)cc2)OCCCC[C@@H](C)O3)cc1. The monoisotopic (exact) mass is 764 g/mol. The van der Waals surface area contributed by atoms with Gasteiger partial charge >= 0.3 is 12.2 Å². The first-order valence-electron chi connectivity index (χ1n) is 17.2. The van der Waals surface area contributed by atoms with Crippen LogP contribution >= 0.6 is 0 Å². The summed E-state index contributed by atoms with van der Waals surface area (Å²) in [6.45, 7) is 5.52. The molecular weight excluding hydrogens is 717 g/mol. The number of carbonyl (C=O) groups excluding carboxylic acids is 2. The number of ether oxygens (including phenoxy) is 3. The van der Waals surface area contributed by atoms with Crippen molar-refractivity contribution in [3.05, 3.63) is 77.9 Å². The number of nitrogens with one attached hydrogen (secondary N) is 2. The maximum absolute atomic E-state index is 14.4. The fourth-order valence-electron chi connectivity index (χ4n) is 5.73. The maximum Gasteiger partial charge on any atom is 0.416 e. The van der Waals surface area contributed by atoms with E-state index in [0.717, 1.165) is 18.6 Å². The van der Waals surface area contributed by atoms with Gasteiger partial charge in [-0.2, -0.15) is 13.2 Å². The van der Waals surface area contributed by atoms with Crippen LogP contribution < -0.4 is 19.5 Å². The van der Waals surface area contributed by atoms with E-state index in [2.05, 4.69) is 10.0 Å². The average molecular weight is 765 g/mol. The zero-order valence-electron chi connectivity index (χ0n) is 30.4. The number of anilines is 2. The third-order valence-corrected chi connectivity index (χ3v) is 10.3. The molecule has 3 aromatic rings. The van der Waals surface area contributed by atoms with Gasteiger partial charge in [-0.05, 0) is 99.8 Å². The number of hydrogen-bond acceptors (Lipinski definition) is 8. The Morgan fingerprint density at radius 3 is 2.34 bits per heavy atom. The van der Waals surface area contributed by atoms with Crippen LogP contribution in [0.3, 0.4) is 0 Å². The quantitative estimate of drug-likeness (QED) is 0.225. The van der Waals surface area contributed by atoms with Crippen LogP contribution in [0.15, 0.2) is 71.6 Å². The molecule has 4 rings (SSSR count). The summed E-state index contributed by atoms with van der Waals surface area (Å²) in [5.74, 6) is -0.171. The third-order valence-electron chi connectivity index (χ3n) is 8.94. The lowest BCUT2D eigenvalue weighted by molar-refractivity contribution is -0.137. The van der Waals surface area contributed by atoms with Crippen molar-refractivity contribution in [3.8, 4) is 11.5 Å². The zero-order valence-corrected chi connectivity index (χ0v) is 31.2. The Bertz CT molecular complexity index is 1790. The Morgan fingerprint density at radius 2 is 1.72 bits per heavy atom. The van der Waals surface area contributed by atoms with E-state index in [1.165, 1.54) is 72.5 Å². The lowest BCUT2D eigenvalue weighted by Gasteiger charge is -2.35. The Balaban J connectivity index is 1.59.